The van der Waals surface area contributed by atoms with Crippen molar-refractivity contribution in [2.45, 2.75) is 141 Å². The second-order valence-electron chi connectivity index (χ2n) is 8.86. The van der Waals surface area contributed by atoms with Crippen LogP contribution >= 0.6 is 0 Å². The standard InChI is InChI=1S/C25H51O3/c1-4-6-8-9-10-11-12-13-14-15-16-17-18-19-20-25(3,27)22-24(26)23-28-21-7-5-2/h24,26-27H,3-23H2,1-2H3. The molecule has 0 aromatic carbocycles. The van der Waals surface area contributed by atoms with Crippen molar-refractivity contribution in [3.8, 4) is 0 Å². The minimum Gasteiger partial charge on any atom is -0.391 e. The third kappa shape index (κ3) is 20.6. The molecule has 0 heterocycles. The van der Waals surface area contributed by atoms with Crippen LogP contribution in [0, 0.1) is 6.92 Å². The van der Waals surface area contributed by atoms with Crippen molar-refractivity contribution in [2.24, 2.45) is 0 Å². The third-order valence-corrected chi connectivity index (χ3v) is 5.56. The molecule has 0 aliphatic rings. The van der Waals surface area contributed by atoms with E-state index in [0.717, 1.165) is 25.7 Å². The molecule has 0 rings (SSSR count). The van der Waals surface area contributed by atoms with Crippen LogP contribution < -0.4 is 0 Å². The largest absolute Gasteiger partial charge is 0.391 e. The summed E-state index contributed by atoms with van der Waals surface area (Å²) in [5, 5.41) is 20.3. The van der Waals surface area contributed by atoms with Crippen molar-refractivity contribution < 1.29 is 14.9 Å². The van der Waals surface area contributed by atoms with E-state index in [-0.39, 0.29) is 0 Å². The molecule has 0 saturated heterocycles. The molecule has 0 fully saturated rings. The van der Waals surface area contributed by atoms with Crippen LogP contribution in [0.3, 0.4) is 0 Å². The van der Waals surface area contributed by atoms with Crippen LogP contribution in [0.4, 0.5) is 0 Å². The predicted octanol–water partition coefficient (Wildman–Crippen LogP) is 6.99. The molecule has 3 heteroatoms. The van der Waals surface area contributed by atoms with E-state index in [1.807, 2.05) is 0 Å². The summed E-state index contributed by atoms with van der Waals surface area (Å²) in [5.41, 5.74) is -1.02. The van der Waals surface area contributed by atoms with Crippen LogP contribution in [0.5, 0.6) is 0 Å². The lowest BCUT2D eigenvalue weighted by atomic mass is 9.92. The molecule has 28 heavy (non-hydrogen) atoms. The summed E-state index contributed by atoms with van der Waals surface area (Å²) < 4.78 is 5.42. The third-order valence-electron chi connectivity index (χ3n) is 5.56. The maximum absolute atomic E-state index is 10.4. The monoisotopic (exact) mass is 399 g/mol. The maximum atomic E-state index is 10.4. The summed E-state index contributed by atoms with van der Waals surface area (Å²) in [6.07, 6.45) is 21.1. The molecule has 1 radical (unpaired) electrons. The fourth-order valence-corrected chi connectivity index (χ4v) is 3.71. The number of hydrogen-bond donors (Lipinski definition) is 2. The fourth-order valence-electron chi connectivity index (χ4n) is 3.71. The maximum Gasteiger partial charge on any atom is 0.0801 e. The first-order valence-corrected chi connectivity index (χ1v) is 12.4. The van der Waals surface area contributed by atoms with Crippen LogP contribution in [0.1, 0.15) is 129 Å². The Morgan fingerprint density at radius 1 is 0.714 bits per heavy atom. The summed E-state index contributed by atoms with van der Waals surface area (Å²) >= 11 is 0. The Labute approximate surface area is 176 Å². The van der Waals surface area contributed by atoms with E-state index in [1.54, 1.807) is 0 Å². The molecule has 0 aliphatic carbocycles. The molecule has 3 nitrogen and oxygen atoms in total. The highest BCUT2D eigenvalue weighted by atomic mass is 16.5. The summed E-state index contributed by atoms with van der Waals surface area (Å²) in [6, 6.07) is 0. The van der Waals surface area contributed by atoms with Gasteiger partial charge < -0.3 is 14.9 Å². The van der Waals surface area contributed by atoms with Gasteiger partial charge in [-0.1, -0.05) is 110 Å². The van der Waals surface area contributed by atoms with E-state index in [9.17, 15) is 10.2 Å². The van der Waals surface area contributed by atoms with E-state index < -0.39 is 11.7 Å². The van der Waals surface area contributed by atoms with Crippen molar-refractivity contribution in [3.05, 3.63) is 6.92 Å². The van der Waals surface area contributed by atoms with E-state index in [2.05, 4.69) is 20.8 Å². The Bertz CT molecular complexity index is 304. The van der Waals surface area contributed by atoms with Crippen molar-refractivity contribution in [3.63, 3.8) is 0 Å². The van der Waals surface area contributed by atoms with Crippen molar-refractivity contribution in [1.82, 2.24) is 0 Å². The topological polar surface area (TPSA) is 49.7 Å². The smallest absolute Gasteiger partial charge is 0.0801 e. The van der Waals surface area contributed by atoms with Gasteiger partial charge in [-0.05, 0) is 19.8 Å². The SMILES string of the molecule is [CH2]C(O)(CCCCCCCCCCCCCCCC)CC(O)COCCCC. The number of aliphatic hydroxyl groups is 2. The minimum absolute atomic E-state index is 0.302. The molecule has 0 spiro atoms. The molecule has 0 saturated carbocycles. The Morgan fingerprint density at radius 2 is 1.14 bits per heavy atom. The first kappa shape index (κ1) is 27.9. The van der Waals surface area contributed by atoms with Crippen molar-refractivity contribution >= 4 is 0 Å². The predicted molar refractivity (Wildman–Crippen MR) is 122 cm³/mol. The van der Waals surface area contributed by atoms with Gasteiger partial charge in [0.05, 0.1) is 18.3 Å². The number of unbranched alkanes of at least 4 members (excludes halogenated alkanes) is 14. The molecular formula is C25H51O3. The lowest BCUT2D eigenvalue weighted by molar-refractivity contribution is -0.0234. The lowest BCUT2D eigenvalue weighted by Gasteiger charge is -2.26. The zero-order chi connectivity index (χ0) is 20.9. The highest BCUT2D eigenvalue weighted by Crippen LogP contribution is 2.21. The Balaban J connectivity index is 3.39. The summed E-state index contributed by atoms with van der Waals surface area (Å²) in [6.45, 7) is 9.27. The molecule has 0 aromatic heterocycles. The van der Waals surface area contributed by atoms with E-state index in [1.165, 1.54) is 77.0 Å². The molecule has 169 valence electrons. The van der Waals surface area contributed by atoms with Crippen LogP contribution in [0.25, 0.3) is 0 Å². The van der Waals surface area contributed by atoms with Gasteiger partial charge in [-0.3, -0.25) is 0 Å². The van der Waals surface area contributed by atoms with Crippen LogP contribution in [-0.4, -0.2) is 35.1 Å². The highest BCUT2D eigenvalue weighted by Gasteiger charge is 2.24. The second kappa shape index (κ2) is 20.2. The molecule has 0 amide bonds. The normalized spacial score (nSPS) is 14.9. The number of rotatable bonds is 22. The van der Waals surface area contributed by atoms with Gasteiger partial charge in [0.2, 0.25) is 0 Å². The number of ether oxygens (including phenoxy) is 1. The zero-order valence-electron chi connectivity index (χ0n) is 19.2. The summed E-state index contributed by atoms with van der Waals surface area (Å²) in [4.78, 5) is 0. The van der Waals surface area contributed by atoms with Gasteiger partial charge in [0, 0.05) is 13.0 Å². The van der Waals surface area contributed by atoms with Gasteiger partial charge in [0.1, 0.15) is 0 Å². The van der Waals surface area contributed by atoms with Gasteiger partial charge in [-0.25, -0.2) is 0 Å². The average Bonchev–Trinajstić information content (AvgIpc) is 2.65. The molecule has 0 aliphatic heterocycles. The minimum atomic E-state index is -1.02. The molecule has 2 N–H and O–H groups in total. The zero-order valence-corrected chi connectivity index (χ0v) is 19.2. The summed E-state index contributed by atoms with van der Waals surface area (Å²) in [5.74, 6) is 0. The van der Waals surface area contributed by atoms with E-state index >= 15 is 0 Å². The Morgan fingerprint density at radius 3 is 1.61 bits per heavy atom. The molecular weight excluding hydrogens is 348 g/mol. The van der Waals surface area contributed by atoms with E-state index in [0.29, 0.717) is 26.1 Å². The van der Waals surface area contributed by atoms with Gasteiger partial charge in [-0.15, -0.1) is 0 Å². The Hall–Kier alpha value is -0.120. The second-order valence-corrected chi connectivity index (χ2v) is 8.86. The molecule has 2 unspecified atom stereocenters. The number of hydrogen-bond acceptors (Lipinski definition) is 3. The average molecular weight is 400 g/mol. The Kier molecular flexibility index (Phi) is 20.1. The first-order chi connectivity index (χ1) is 13.5. The van der Waals surface area contributed by atoms with Crippen LogP contribution in [-0.2, 0) is 4.74 Å². The quantitative estimate of drug-likeness (QED) is 0.193. The van der Waals surface area contributed by atoms with Gasteiger partial charge in [0.25, 0.3) is 0 Å². The first-order valence-electron chi connectivity index (χ1n) is 12.4. The molecule has 0 aromatic rings. The van der Waals surface area contributed by atoms with Crippen LogP contribution in [0.2, 0.25) is 0 Å². The highest BCUT2D eigenvalue weighted by molar-refractivity contribution is 4.84. The van der Waals surface area contributed by atoms with Gasteiger partial charge >= 0.3 is 0 Å². The van der Waals surface area contributed by atoms with E-state index in [4.69, 9.17) is 4.74 Å². The van der Waals surface area contributed by atoms with Crippen LogP contribution in [0.15, 0.2) is 0 Å². The number of aliphatic hydroxyl groups excluding tert-OH is 1. The molecule has 0 bridgehead atoms. The van der Waals surface area contributed by atoms with Gasteiger partial charge in [-0.2, -0.15) is 0 Å². The van der Waals surface area contributed by atoms with Crippen molar-refractivity contribution in [1.29, 1.82) is 0 Å². The fraction of sp³-hybridized carbons (Fsp3) is 0.960. The summed E-state index contributed by atoms with van der Waals surface area (Å²) in [7, 11) is 0. The molecule has 2 atom stereocenters. The van der Waals surface area contributed by atoms with Crippen molar-refractivity contribution in [2.75, 3.05) is 13.2 Å². The lowest BCUT2D eigenvalue weighted by Crippen LogP contribution is -2.32. The van der Waals surface area contributed by atoms with Gasteiger partial charge in [0.15, 0.2) is 0 Å².